The van der Waals surface area contributed by atoms with Crippen molar-refractivity contribution in [2.45, 2.75) is 6.18 Å². The highest BCUT2D eigenvalue weighted by molar-refractivity contribution is 5.59. The molecule has 0 atom stereocenters. The summed E-state index contributed by atoms with van der Waals surface area (Å²) in [5.74, 6) is -1.36. The van der Waals surface area contributed by atoms with Gasteiger partial charge < -0.3 is 4.98 Å². The minimum Gasteiger partial charge on any atom is -0.319 e. The van der Waals surface area contributed by atoms with E-state index in [4.69, 9.17) is 0 Å². The first kappa shape index (κ1) is 12.3. The van der Waals surface area contributed by atoms with Crippen molar-refractivity contribution in [3.05, 3.63) is 52.3 Å². The van der Waals surface area contributed by atoms with Crippen molar-refractivity contribution in [1.82, 2.24) is 9.97 Å². The Bertz CT molecular complexity index is 633. The van der Waals surface area contributed by atoms with Crippen molar-refractivity contribution >= 4 is 0 Å². The number of hydrogen-bond acceptors (Lipinski definition) is 2. The molecule has 94 valence electrons. The first-order valence-electron chi connectivity index (χ1n) is 4.79. The lowest BCUT2D eigenvalue weighted by molar-refractivity contribution is -0.139. The summed E-state index contributed by atoms with van der Waals surface area (Å²) >= 11 is 0. The number of benzene rings is 1. The molecule has 18 heavy (non-hydrogen) atoms. The van der Waals surface area contributed by atoms with Crippen LogP contribution in [0.2, 0.25) is 0 Å². The van der Waals surface area contributed by atoms with Crippen LogP contribution in [0.15, 0.2) is 35.4 Å². The minimum absolute atomic E-state index is 0.0360. The van der Waals surface area contributed by atoms with E-state index in [-0.39, 0.29) is 11.3 Å². The predicted molar refractivity (Wildman–Crippen MR) is 55.3 cm³/mol. The van der Waals surface area contributed by atoms with Gasteiger partial charge in [-0.25, -0.2) is 4.39 Å². The van der Waals surface area contributed by atoms with Crippen LogP contribution < -0.4 is 5.56 Å². The Kier molecular flexibility index (Phi) is 2.90. The van der Waals surface area contributed by atoms with Crippen LogP contribution in [-0.2, 0) is 6.18 Å². The summed E-state index contributed by atoms with van der Waals surface area (Å²) in [6, 6.07) is 2.46. The van der Waals surface area contributed by atoms with Gasteiger partial charge in [-0.2, -0.15) is 13.2 Å². The van der Waals surface area contributed by atoms with Crippen molar-refractivity contribution in [2.75, 3.05) is 0 Å². The number of rotatable bonds is 1. The number of aromatic amines is 1. The quantitative estimate of drug-likeness (QED) is 0.799. The van der Waals surface area contributed by atoms with Gasteiger partial charge in [0.05, 0.1) is 23.7 Å². The highest BCUT2D eigenvalue weighted by Crippen LogP contribution is 2.33. The first-order chi connectivity index (χ1) is 8.38. The van der Waals surface area contributed by atoms with E-state index in [9.17, 15) is 22.4 Å². The SMILES string of the molecule is O=c1cncc(-c2ccc(F)c(C(F)(F)F)c2)[nH]1. The lowest BCUT2D eigenvalue weighted by atomic mass is 10.1. The summed E-state index contributed by atoms with van der Waals surface area (Å²) in [7, 11) is 0. The highest BCUT2D eigenvalue weighted by atomic mass is 19.4. The Labute approximate surface area is 98.1 Å². The number of hydrogen-bond donors (Lipinski definition) is 1. The van der Waals surface area contributed by atoms with E-state index in [0.717, 1.165) is 12.3 Å². The molecule has 0 fully saturated rings. The van der Waals surface area contributed by atoms with Gasteiger partial charge in [0.2, 0.25) is 0 Å². The molecule has 0 aliphatic heterocycles. The molecular formula is C11H6F4N2O. The lowest BCUT2D eigenvalue weighted by Gasteiger charge is -2.09. The van der Waals surface area contributed by atoms with Crippen LogP contribution in [0.5, 0.6) is 0 Å². The van der Waals surface area contributed by atoms with Gasteiger partial charge in [-0.15, -0.1) is 0 Å². The second-order valence-corrected chi connectivity index (χ2v) is 3.50. The third-order valence-corrected chi connectivity index (χ3v) is 2.24. The summed E-state index contributed by atoms with van der Waals surface area (Å²) in [5, 5.41) is 0. The number of H-pyrrole nitrogens is 1. The standard InChI is InChI=1S/C11H6F4N2O/c12-8-2-1-6(3-7(8)11(13,14)15)9-4-16-5-10(18)17-9/h1-5H,(H,17,18). The Balaban J connectivity index is 2.58. The number of alkyl halides is 3. The zero-order chi connectivity index (χ0) is 13.3. The third-order valence-electron chi connectivity index (χ3n) is 2.24. The Morgan fingerprint density at radius 1 is 1.17 bits per heavy atom. The molecule has 1 aromatic carbocycles. The number of nitrogens with zero attached hydrogens (tertiary/aromatic N) is 1. The van der Waals surface area contributed by atoms with Crippen molar-refractivity contribution in [3.63, 3.8) is 0 Å². The maximum atomic E-state index is 13.1. The summed E-state index contributed by atoms with van der Waals surface area (Å²) < 4.78 is 50.5. The van der Waals surface area contributed by atoms with E-state index >= 15 is 0 Å². The molecule has 0 unspecified atom stereocenters. The van der Waals surface area contributed by atoms with Gasteiger partial charge >= 0.3 is 6.18 Å². The maximum Gasteiger partial charge on any atom is 0.419 e. The van der Waals surface area contributed by atoms with Gasteiger partial charge in [-0.1, -0.05) is 0 Å². The molecule has 3 nitrogen and oxygen atoms in total. The van der Waals surface area contributed by atoms with Crippen LogP contribution in [0.3, 0.4) is 0 Å². The fraction of sp³-hybridized carbons (Fsp3) is 0.0909. The molecule has 0 saturated heterocycles. The molecule has 0 saturated carbocycles. The number of aromatic nitrogens is 2. The third kappa shape index (κ3) is 2.39. The molecule has 0 radical (unpaired) electrons. The fourth-order valence-electron chi connectivity index (χ4n) is 1.43. The summed E-state index contributed by atoms with van der Waals surface area (Å²) in [4.78, 5) is 16.9. The molecule has 1 N–H and O–H groups in total. The smallest absolute Gasteiger partial charge is 0.319 e. The molecular weight excluding hydrogens is 252 g/mol. The lowest BCUT2D eigenvalue weighted by Crippen LogP contribution is -2.09. The van der Waals surface area contributed by atoms with Gasteiger partial charge in [-0.05, 0) is 18.2 Å². The zero-order valence-electron chi connectivity index (χ0n) is 8.75. The minimum atomic E-state index is -4.79. The van der Waals surface area contributed by atoms with Gasteiger partial charge in [0.1, 0.15) is 5.82 Å². The second kappa shape index (κ2) is 4.25. The van der Waals surface area contributed by atoms with E-state index in [1.165, 1.54) is 6.20 Å². The van der Waals surface area contributed by atoms with E-state index in [2.05, 4.69) is 9.97 Å². The Morgan fingerprint density at radius 3 is 2.50 bits per heavy atom. The molecule has 0 amide bonds. The molecule has 0 aliphatic carbocycles. The average Bonchev–Trinajstić information content (AvgIpc) is 2.28. The molecule has 0 spiro atoms. The van der Waals surface area contributed by atoms with Crippen LogP contribution >= 0.6 is 0 Å². The Morgan fingerprint density at radius 2 is 1.89 bits per heavy atom. The highest BCUT2D eigenvalue weighted by Gasteiger charge is 2.34. The summed E-state index contributed by atoms with van der Waals surface area (Å²) in [5.41, 5.74) is -1.81. The van der Waals surface area contributed by atoms with Crippen LogP contribution in [0.25, 0.3) is 11.3 Å². The first-order valence-corrected chi connectivity index (χ1v) is 4.79. The molecule has 2 aromatic rings. The van der Waals surface area contributed by atoms with E-state index < -0.39 is 23.1 Å². The predicted octanol–water partition coefficient (Wildman–Crippen LogP) is 2.59. The molecule has 0 bridgehead atoms. The zero-order valence-corrected chi connectivity index (χ0v) is 8.75. The van der Waals surface area contributed by atoms with Crippen molar-refractivity contribution in [1.29, 1.82) is 0 Å². The summed E-state index contributed by atoms with van der Waals surface area (Å²) in [6.07, 6.45) is -2.62. The largest absolute Gasteiger partial charge is 0.419 e. The maximum absolute atomic E-state index is 13.1. The van der Waals surface area contributed by atoms with E-state index in [1.54, 1.807) is 0 Å². The van der Waals surface area contributed by atoms with Crippen LogP contribution in [0.4, 0.5) is 17.6 Å². The number of nitrogens with one attached hydrogen (secondary N) is 1. The molecule has 0 aliphatic rings. The molecule has 1 aromatic heterocycles. The second-order valence-electron chi connectivity index (χ2n) is 3.50. The van der Waals surface area contributed by atoms with Crippen LogP contribution in [-0.4, -0.2) is 9.97 Å². The van der Waals surface area contributed by atoms with Crippen LogP contribution in [0, 0.1) is 5.82 Å². The monoisotopic (exact) mass is 258 g/mol. The fourth-order valence-corrected chi connectivity index (χ4v) is 1.43. The number of halogens is 4. The van der Waals surface area contributed by atoms with Crippen molar-refractivity contribution in [3.8, 4) is 11.3 Å². The van der Waals surface area contributed by atoms with Gasteiger partial charge in [-0.3, -0.25) is 9.78 Å². The van der Waals surface area contributed by atoms with E-state index in [0.29, 0.717) is 12.1 Å². The molecule has 2 rings (SSSR count). The molecule has 7 heteroatoms. The topological polar surface area (TPSA) is 45.8 Å². The average molecular weight is 258 g/mol. The van der Waals surface area contributed by atoms with Crippen LogP contribution in [0.1, 0.15) is 5.56 Å². The van der Waals surface area contributed by atoms with Gasteiger partial charge in [0.15, 0.2) is 0 Å². The van der Waals surface area contributed by atoms with E-state index in [1.807, 2.05) is 0 Å². The Hall–Kier alpha value is -2.18. The molecule has 1 heterocycles. The summed E-state index contributed by atoms with van der Waals surface area (Å²) in [6.45, 7) is 0. The van der Waals surface area contributed by atoms with Gasteiger partial charge in [0, 0.05) is 5.56 Å². The van der Waals surface area contributed by atoms with Crippen molar-refractivity contribution in [2.24, 2.45) is 0 Å². The normalized spacial score (nSPS) is 11.6. The van der Waals surface area contributed by atoms with Gasteiger partial charge in [0.25, 0.3) is 5.56 Å². The van der Waals surface area contributed by atoms with Crippen molar-refractivity contribution < 1.29 is 17.6 Å².